The molecule has 1 amide bonds. The highest BCUT2D eigenvalue weighted by Crippen LogP contribution is 2.29. The van der Waals surface area contributed by atoms with E-state index >= 15 is 0 Å². The fraction of sp³-hybridized carbons (Fsp3) is 0.583. The van der Waals surface area contributed by atoms with Gasteiger partial charge >= 0.3 is 0 Å². The molecule has 0 spiro atoms. The number of hydrogen-bond acceptors (Lipinski definition) is 3. The average molecular weight is 318 g/mol. The van der Waals surface area contributed by atoms with Gasteiger partial charge < -0.3 is 10.1 Å². The summed E-state index contributed by atoms with van der Waals surface area (Å²) in [5, 5.41) is 3.09. The number of nitrogens with one attached hydrogen (secondary N) is 1. The maximum absolute atomic E-state index is 12.1. The lowest BCUT2D eigenvalue weighted by molar-refractivity contribution is 0.0730. The molecule has 1 aromatic rings. The number of thiophene rings is 1. The highest BCUT2D eigenvalue weighted by molar-refractivity contribution is 9.11. The van der Waals surface area contributed by atoms with Crippen molar-refractivity contribution in [3.05, 3.63) is 20.3 Å². The van der Waals surface area contributed by atoms with Crippen molar-refractivity contribution >= 4 is 33.2 Å². The molecule has 1 N–H and O–H groups in total. The van der Waals surface area contributed by atoms with Crippen LogP contribution in [-0.4, -0.2) is 24.2 Å². The number of aryl methyl sites for hydroxylation is 1. The monoisotopic (exact) mass is 317 g/mol. The quantitative estimate of drug-likeness (QED) is 0.910. The van der Waals surface area contributed by atoms with Gasteiger partial charge in [-0.05, 0) is 54.8 Å². The number of amides is 1. The molecule has 2 atom stereocenters. The molecule has 1 saturated heterocycles. The summed E-state index contributed by atoms with van der Waals surface area (Å²) >= 11 is 4.91. The Kier molecular flexibility index (Phi) is 3.61. The van der Waals surface area contributed by atoms with Gasteiger partial charge in [-0.3, -0.25) is 4.79 Å². The van der Waals surface area contributed by atoms with Crippen LogP contribution in [0, 0.1) is 6.92 Å². The number of halogens is 1. The minimum Gasteiger partial charge on any atom is -0.376 e. The normalized spacial score (nSPS) is 28.4. The van der Waals surface area contributed by atoms with Crippen LogP contribution in [0.15, 0.2) is 9.85 Å². The van der Waals surface area contributed by atoms with E-state index in [-0.39, 0.29) is 17.6 Å². The third-order valence-corrected chi connectivity index (χ3v) is 5.50. The fourth-order valence-corrected chi connectivity index (χ4v) is 3.32. The molecule has 1 aliphatic rings. The lowest BCUT2D eigenvalue weighted by atomic mass is 9.94. The van der Waals surface area contributed by atoms with Crippen LogP contribution in [0.1, 0.15) is 35.5 Å². The third kappa shape index (κ3) is 2.56. The number of hydrogen-bond donors (Lipinski definition) is 1. The largest absolute Gasteiger partial charge is 0.376 e. The second kappa shape index (κ2) is 4.71. The SMILES string of the molecule is Cc1cc(C(=O)NC2(C)CCOC2C)sc1Br. The van der Waals surface area contributed by atoms with Gasteiger partial charge in [0.15, 0.2) is 0 Å². The second-order valence-corrected chi connectivity index (χ2v) is 7.07. The molecule has 0 saturated carbocycles. The van der Waals surface area contributed by atoms with Crippen LogP contribution in [0.25, 0.3) is 0 Å². The van der Waals surface area contributed by atoms with Crippen LogP contribution in [0.5, 0.6) is 0 Å². The number of carbonyl (C=O) groups excluding carboxylic acids is 1. The van der Waals surface area contributed by atoms with Crippen LogP contribution in [-0.2, 0) is 4.74 Å². The van der Waals surface area contributed by atoms with E-state index in [2.05, 4.69) is 21.2 Å². The molecule has 94 valence electrons. The molecule has 1 aromatic heterocycles. The predicted molar refractivity (Wildman–Crippen MR) is 72.7 cm³/mol. The first-order valence-electron chi connectivity index (χ1n) is 5.62. The molecule has 5 heteroatoms. The summed E-state index contributed by atoms with van der Waals surface area (Å²) in [4.78, 5) is 12.9. The predicted octanol–water partition coefficient (Wildman–Crippen LogP) is 3.12. The fourth-order valence-electron chi connectivity index (χ4n) is 1.89. The van der Waals surface area contributed by atoms with Gasteiger partial charge in [-0.25, -0.2) is 0 Å². The zero-order valence-corrected chi connectivity index (χ0v) is 12.6. The van der Waals surface area contributed by atoms with E-state index in [9.17, 15) is 4.79 Å². The summed E-state index contributed by atoms with van der Waals surface area (Å²) in [6, 6.07) is 1.91. The van der Waals surface area contributed by atoms with Crippen molar-refractivity contribution in [3.8, 4) is 0 Å². The minimum atomic E-state index is -0.249. The van der Waals surface area contributed by atoms with E-state index < -0.39 is 0 Å². The first-order valence-corrected chi connectivity index (χ1v) is 7.23. The Morgan fingerprint density at radius 1 is 1.71 bits per heavy atom. The first-order chi connectivity index (χ1) is 7.92. The van der Waals surface area contributed by atoms with E-state index in [1.807, 2.05) is 26.8 Å². The maximum atomic E-state index is 12.1. The topological polar surface area (TPSA) is 38.3 Å². The van der Waals surface area contributed by atoms with Gasteiger partial charge in [-0.1, -0.05) is 0 Å². The highest BCUT2D eigenvalue weighted by atomic mass is 79.9. The molecule has 1 fully saturated rings. The van der Waals surface area contributed by atoms with E-state index in [0.717, 1.165) is 20.6 Å². The Bertz CT molecular complexity index is 426. The Morgan fingerprint density at radius 3 is 2.88 bits per heavy atom. The molecule has 3 nitrogen and oxygen atoms in total. The number of ether oxygens (including phenoxy) is 1. The third-order valence-electron chi connectivity index (χ3n) is 3.37. The van der Waals surface area contributed by atoms with Crippen molar-refractivity contribution in [1.29, 1.82) is 0 Å². The molecule has 17 heavy (non-hydrogen) atoms. The maximum Gasteiger partial charge on any atom is 0.261 e. The zero-order chi connectivity index (χ0) is 12.6. The Labute approximate surface area is 114 Å². The van der Waals surface area contributed by atoms with E-state index in [1.165, 1.54) is 11.3 Å². The molecule has 0 aromatic carbocycles. The Balaban J connectivity index is 2.11. The van der Waals surface area contributed by atoms with Gasteiger partial charge in [-0.2, -0.15) is 0 Å². The summed E-state index contributed by atoms with van der Waals surface area (Å²) < 4.78 is 6.53. The first kappa shape index (κ1) is 13.1. The lowest BCUT2D eigenvalue weighted by Gasteiger charge is -2.28. The summed E-state index contributed by atoms with van der Waals surface area (Å²) in [6.45, 7) is 6.74. The van der Waals surface area contributed by atoms with Crippen molar-refractivity contribution in [2.75, 3.05) is 6.61 Å². The van der Waals surface area contributed by atoms with Crippen LogP contribution in [0.4, 0.5) is 0 Å². The number of carbonyl (C=O) groups is 1. The molecule has 2 unspecified atom stereocenters. The molecular weight excluding hydrogens is 302 g/mol. The molecule has 0 radical (unpaired) electrons. The average Bonchev–Trinajstić information content (AvgIpc) is 2.73. The van der Waals surface area contributed by atoms with Crippen molar-refractivity contribution in [2.24, 2.45) is 0 Å². The highest BCUT2D eigenvalue weighted by Gasteiger charge is 2.38. The summed E-state index contributed by atoms with van der Waals surface area (Å²) in [5.41, 5.74) is 0.850. The second-order valence-electron chi connectivity index (χ2n) is 4.70. The molecule has 2 heterocycles. The van der Waals surface area contributed by atoms with Gasteiger partial charge in [0.05, 0.1) is 20.3 Å². The van der Waals surface area contributed by atoms with Crippen LogP contribution < -0.4 is 5.32 Å². The van der Waals surface area contributed by atoms with Gasteiger partial charge in [-0.15, -0.1) is 11.3 Å². The zero-order valence-electron chi connectivity index (χ0n) is 10.2. The summed E-state index contributed by atoms with van der Waals surface area (Å²) in [6.07, 6.45) is 0.932. The van der Waals surface area contributed by atoms with Crippen molar-refractivity contribution < 1.29 is 9.53 Å². The van der Waals surface area contributed by atoms with Crippen LogP contribution in [0.3, 0.4) is 0 Å². The summed E-state index contributed by atoms with van der Waals surface area (Å²) in [5.74, 6) is -0.0105. The van der Waals surface area contributed by atoms with Gasteiger partial charge in [0, 0.05) is 6.61 Å². The lowest BCUT2D eigenvalue weighted by Crippen LogP contribution is -2.50. The van der Waals surface area contributed by atoms with Gasteiger partial charge in [0.1, 0.15) is 0 Å². The Morgan fingerprint density at radius 2 is 2.41 bits per heavy atom. The van der Waals surface area contributed by atoms with Gasteiger partial charge in [0.2, 0.25) is 0 Å². The van der Waals surface area contributed by atoms with E-state index in [1.54, 1.807) is 0 Å². The molecule has 2 rings (SSSR count). The number of rotatable bonds is 2. The Hall–Kier alpha value is -0.390. The molecular formula is C12H16BrNO2S. The van der Waals surface area contributed by atoms with E-state index in [4.69, 9.17) is 4.74 Å². The van der Waals surface area contributed by atoms with Crippen molar-refractivity contribution in [2.45, 2.75) is 38.8 Å². The van der Waals surface area contributed by atoms with Crippen LogP contribution >= 0.6 is 27.3 Å². The molecule has 1 aliphatic heterocycles. The minimum absolute atomic E-state index is 0.0105. The molecule has 0 aliphatic carbocycles. The summed E-state index contributed by atoms with van der Waals surface area (Å²) in [7, 11) is 0. The standard InChI is InChI=1S/C12H16BrNO2S/c1-7-6-9(17-10(7)13)11(15)14-12(3)4-5-16-8(12)2/h6,8H,4-5H2,1-3H3,(H,14,15). The molecule has 0 bridgehead atoms. The van der Waals surface area contributed by atoms with E-state index in [0.29, 0.717) is 6.61 Å². The van der Waals surface area contributed by atoms with Crippen LogP contribution in [0.2, 0.25) is 0 Å². The van der Waals surface area contributed by atoms with Gasteiger partial charge in [0.25, 0.3) is 5.91 Å². The van der Waals surface area contributed by atoms with Crippen molar-refractivity contribution in [1.82, 2.24) is 5.32 Å². The van der Waals surface area contributed by atoms with Crippen molar-refractivity contribution in [3.63, 3.8) is 0 Å². The smallest absolute Gasteiger partial charge is 0.261 e.